The van der Waals surface area contributed by atoms with Crippen molar-refractivity contribution in [2.45, 2.75) is 32.4 Å². The molecule has 0 saturated carbocycles. The SMILES string of the molecule is CC(O)C1CCN(Cc2cnc3c(-c4ccccc4)cnn3c2)CC1. The first kappa shape index (κ1) is 16.2. The van der Waals surface area contributed by atoms with E-state index in [0.717, 1.165) is 49.2 Å². The van der Waals surface area contributed by atoms with Crippen LogP contribution in [0.2, 0.25) is 0 Å². The molecule has 1 aliphatic rings. The molecule has 0 amide bonds. The largest absolute Gasteiger partial charge is 0.393 e. The van der Waals surface area contributed by atoms with Crippen molar-refractivity contribution < 1.29 is 5.11 Å². The molecule has 130 valence electrons. The van der Waals surface area contributed by atoms with Crippen LogP contribution in [0.25, 0.3) is 16.8 Å². The van der Waals surface area contributed by atoms with Crippen molar-refractivity contribution in [2.75, 3.05) is 13.1 Å². The van der Waals surface area contributed by atoms with Crippen LogP contribution in [-0.4, -0.2) is 43.8 Å². The number of aliphatic hydroxyl groups excluding tert-OH is 1. The molecule has 1 aliphatic heterocycles. The highest BCUT2D eigenvalue weighted by molar-refractivity contribution is 5.76. The van der Waals surface area contributed by atoms with Crippen molar-refractivity contribution in [2.24, 2.45) is 5.92 Å². The van der Waals surface area contributed by atoms with Crippen molar-refractivity contribution >= 4 is 5.65 Å². The summed E-state index contributed by atoms with van der Waals surface area (Å²) in [7, 11) is 0. The molecule has 0 aliphatic carbocycles. The molecular formula is C20H24N4O. The third-order valence-electron chi connectivity index (χ3n) is 5.22. The maximum atomic E-state index is 9.73. The predicted octanol–water partition coefficient (Wildman–Crippen LogP) is 2.99. The van der Waals surface area contributed by atoms with Crippen LogP contribution in [0.15, 0.2) is 48.9 Å². The highest BCUT2D eigenvalue weighted by Gasteiger charge is 2.22. The van der Waals surface area contributed by atoms with E-state index in [4.69, 9.17) is 0 Å². The zero-order chi connectivity index (χ0) is 17.2. The van der Waals surface area contributed by atoms with Gasteiger partial charge in [0.1, 0.15) is 0 Å². The molecular weight excluding hydrogens is 312 g/mol. The molecule has 0 spiro atoms. The lowest BCUT2D eigenvalue weighted by molar-refractivity contribution is 0.0694. The van der Waals surface area contributed by atoms with Gasteiger partial charge in [-0.25, -0.2) is 9.50 Å². The van der Waals surface area contributed by atoms with Gasteiger partial charge in [0.25, 0.3) is 0 Å². The Kier molecular flexibility index (Phi) is 4.51. The van der Waals surface area contributed by atoms with Gasteiger partial charge in [-0.3, -0.25) is 4.90 Å². The Bertz CT molecular complexity index is 835. The number of hydrogen-bond acceptors (Lipinski definition) is 4. The second kappa shape index (κ2) is 6.94. The van der Waals surface area contributed by atoms with Gasteiger partial charge in [0.15, 0.2) is 5.65 Å². The number of benzene rings is 1. The standard InChI is InChI=1S/C20H24N4O/c1-15(25)17-7-9-23(10-8-17)13-16-11-21-20-19(12-22-24(20)14-16)18-5-3-2-4-6-18/h2-6,11-12,14-15,17,25H,7-10,13H2,1H3. The third-order valence-corrected chi connectivity index (χ3v) is 5.22. The molecule has 25 heavy (non-hydrogen) atoms. The second-order valence-electron chi connectivity index (χ2n) is 7.01. The highest BCUT2D eigenvalue weighted by Crippen LogP contribution is 2.24. The number of aliphatic hydroxyl groups is 1. The fourth-order valence-corrected chi connectivity index (χ4v) is 3.67. The van der Waals surface area contributed by atoms with Crippen molar-refractivity contribution in [3.8, 4) is 11.1 Å². The lowest BCUT2D eigenvalue weighted by Crippen LogP contribution is -2.36. The molecule has 1 fully saturated rings. The molecule has 0 radical (unpaired) electrons. The molecule has 5 nitrogen and oxygen atoms in total. The molecule has 1 saturated heterocycles. The number of fused-ring (bicyclic) bond motifs is 1. The van der Waals surface area contributed by atoms with Crippen LogP contribution in [-0.2, 0) is 6.54 Å². The van der Waals surface area contributed by atoms with Crippen LogP contribution in [0.1, 0.15) is 25.3 Å². The maximum Gasteiger partial charge on any atom is 0.162 e. The Labute approximate surface area is 147 Å². The zero-order valence-corrected chi connectivity index (χ0v) is 14.5. The monoisotopic (exact) mass is 336 g/mol. The van der Waals surface area contributed by atoms with Gasteiger partial charge in [-0.1, -0.05) is 30.3 Å². The summed E-state index contributed by atoms with van der Waals surface area (Å²) in [5.41, 5.74) is 4.26. The number of likely N-dealkylation sites (tertiary alicyclic amines) is 1. The summed E-state index contributed by atoms with van der Waals surface area (Å²) in [5, 5.41) is 14.2. The molecule has 5 heteroatoms. The summed E-state index contributed by atoms with van der Waals surface area (Å²) in [6, 6.07) is 10.2. The zero-order valence-electron chi connectivity index (χ0n) is 14.5. The van der Waals surface area contributed by atoms with Crippen molar-refractivity contribution in [1.29, 1.82) is 0 Å². The van der Waals surface area contributed by atoms with E-state index in [0.29, 0.717) is 5.92 Å². The number of nitrogens with zero attached hydrogens (tertiary/aromatic N) is 4. The van der Waals surface area contributed by atoms with Gasteiger partial charge in [-0.05, 0) is 44.3 Å². The van der Waals surface area contributed by atoms with Crippen molar-refractivity contribution in [3.05, 3.63) is 54.5 Å². The summed E-state index contributed by atoms with van der Waals surface area (Å²) < 4.78 is 1.88. The normalized spacial score (nSPS) is 17.8. The van der Waals surface area contributed by atoms with E-state index < -0.39 is 0 Å². The molecule has 2 aromatic heterocycles. The Morgan fingerprint density at radius 1 is 1.16 bits per heavy atom. The van der Waals surface area contributed by atoms with Crippen LogP contribution in [0.5, 0.6) is 0 Å². The predicted molar refractivity (Wildman–Crippen MR) is 98.1 cm³/mol. The Hall–Kier alpha value is -2.24. The van der Waals surface area contributed by atoms with Gasteiger partial charge in [-0.15, -0.1) is 0 Å². The lowest BCUT2D eigenvalue weighted by Gasteiger charge is -2.33. The van der Waals surface area contributed by atoms with E-state index in [1.807, 2.05) is 42.0 Å². The first-order valence-corrected chi connectivity index (χ1v) is 8.99. The lowest BCUT2D eigenvalue weighted by atomic mass is 9.92. The molecule has 0 bridgehead atoms. The smallest absolute Gasteiger partial charge is 0.162 e. The first-order valence-electron chi connectivity index (χ1n) is 8.99. The van der Waals surface area contributed by atoms with E-state index in [1.54, 1.807) is 0 Å². The molecule has 3 aromatic rings. The summed E-state index contributed by atoms with van der Waals surface area (Å²) in [6.45, 7) is 4.85. The number of piperidine rings is 1. The number of hydrogen-bond donors (Lipinski definition) is 1. The Balaban J connectivity index is 1.49. The van der Waals surface area contributed by atoms with E-state index >= 15 is 0 Å². The van der Waals surface area contributed by atoms with E-state index in [2.05, 4.69) is 33.3 Å². The first-order chi connectivity index (χ1) is 12.2. The average molecular weight is 336 g/mol. The molecule has 1 unspecified atom stereocenters. The van der Waals surface area contributed by atoms with Gasteiger partial charge in [0.05, 0.1) is 12.3 Å². The molecule has 1 aromatic carbocycles. The summed E-state index contributed by atoms with van der Waals surface area (Å²) >= 11 is 0. The highest BCUT2D eigenvalue weighted by atomic mass is 16.3. The summed E-state index contributed by atoms with van der Waals surface area (Å²) in [5.74, 6) is 0.441. The molecule has 1 atom stereocenters. The second-order valence-corrected chi connectivity index (χ2v) is 7.01. The summed E-state index contributed by atoms with van der Waals surface area (Å²) in [6.07, 6.45) is 7.86. The maximum absolute atomic E-state index is 9.73. The van der Waals surface area contributed by atoms with E-state index in [9.17, 15) is 5.11 Å². The number of aromatic nitrogens is 3. The molecule has 3 heterocycles. The fourth-order valence-electron chi connectivity index (χ4n) is 3.67. The van der Waals surface area contributed by atoms with Gasteiger partial charge < -0.3 is 5.11 Å². The van der Waals surface area contributed by atoms with Crippen LogP contribution in [0.4, 0.5) is 0 Å². The fraction of sp³-hybridized carbons (Fsp3) is 0.400. The van der Waals surface area contributed by atoms with Gasteiger partial charge in [-0.2, -0.15) is 5.10 Å². The molecule has 4 rings (SSSR count). The van der Waals surface area contributed by atoms with Crippen LogP contribution >= 0.6 is 0 Å². The van der Waals surface area contributed by atoms with Crippen molar-refractivity contribution in [1.82, 2.24) is 19.5 Å². The minimum absolute atomic E-state index is 0.194. The summed E-state index contributed by atoms with van der Waals surface area (Å²) in [4.78, 5) is 7.09. The van der Waals surface area contributed by atoms with Gasteiger partial charge >= 0.3 is 0 Å². The minimum Gasteiger partial charge on any atom is -0.393 e. The Morgan fingerprint density at radius 2 is 1.92 bits per heavy atom. The van der Waals surface area contributed by atoms with Crippen LogP contribution in [0.3, 0.4) is 0 Å². The molecule has 1 N–H and O–H groups in total. The average Bonchev–Trinajstić information content (AvgIpc) is 3.06. The quantitative estimate of drug-likeness (QED) is 0.796. The van der Waals surface area contributed by atoms with Gasteiger partial charge in [0.2, 0.25) is 0 Å². The number of rotatable bonds is 4. The van der Waals surface area contributed by atoms with Crippen molar-refractivity contribution in [3.63, 3.8) is 0 Å². The van der Waals surface area contributed by atoms with Crippen LogP contribution in [0, 0.1) is 5.92 Å². The van der Waals surface area contributed by atoms with Gasteiger partial charge in [0, 0.05) is 30.1 Å². The minimum atomic E-state index is -0.194. The third kappa shape index (κ3) is 3.43. The van der Waals surface area contributed by atoms with E-state index in [-0.39, 0.29) is 6.10 Å². The van der Waals surface area contributed by atoms with E-state index in [1.165, 1.54) is 5.56 Å². The Morgan fingerprint density at radius 3 is 2.64 bits per heavy atom. The topological polar surface area (TPSA) is 53.7 Å². The van der Waals surface area contributed by atoms with Crippen LogP contribution < -0.4 is 0 Å².